The maximum Gasteiger partial charge on any atom is 0.249 e. The van der Waals surface area contributed by atoms with Gasteiger partial charge in [-0.2, -0.15) is 4.98 Å². The van der Waals surface area contributed by atoms with Crippen LogP contribution in [0.3, 0.4) is 0 Å². The zero-order valence-electron chi connectivity index (χ0n) is 14.0. The molecule has 0 N–H and O–H groups in total. The highest BCUT2D eigenvalue weighted by Gasteiger charge is 2.36. The highest BCUT2D eigenvalue weighted by Crippen LogP contribution is 2.35. The first-order chi connectivity index (χ1) is 13.0. The number of amides is 1. The molecule has 1 aliphatic rings. The zero-order valence-corrected chi connectivity index (χ0v) is 15.6. The summed E-state index contributed by atoms with van der Waals surface area (Å²) in [5.74, 6) is -0.928. The van der Waals surface area contributed by atoms with E-state index in [2.05, 4.69) is 26.1 Å². The molecule has 1 fully saturated rings. The van der Waals surface area contributed by atoms with Crippen LogP contribution in [0.5, 0.6) is 0 Å². The number of carbonyl (C=O) groups excluding carboxylic acids is 1. The number of hydrogen-bond donors (Lipinski definition) is 0. The molecule has 5 nitrogen and oxygen atoms in total. The van der Waals surface area contributed by atoms with E-state index in [1.165, 1.54) is 23.1 Å². The summed E-state index contributed by atoms with van der Waals surface area (Å²) in [4.78, 5) is 18.1. The van der Waals surface area contributed by atoms with Crippen molar-refractivity contribution in [2.75, 3.05) is 0 Å². The molecule has 8 heteroatoms. The largest absolute Gasteiger partial charge is 0.337 e. The average molecular weight is 434 g/mol. The Bertz CT molecular complexity index is 988. The maximum absolute atomic E-state index is 14.0. The van der Waals surface area contributed by atoms with Crippen molar-refractivity contribution in [3.8, 4) is 11.4 Å². The van der Waals surface area contributed by atoms with E-state index in [4.69, 9.17) is 4.52 Å². The molecule has 1 unspecified atom stereocenters. The van der Waals surface area contributed by atoms with Gasteiger partial charge in [-0.15, -0.1) is 0 Å². The van der Waals surface area contributed by atoms with Gasteiger partial charge in [0.15, 0.2) is 0 Å². The number of likely N-dealkylation sites (tertiary alicyclic amines) is 1. The molecule has 1 aliphatic heterocycles. The summed E-state index contributed by atoms with van der Waals surface area (Å²) in [7, 11) is 0. The van der Waals surface area contributed by atoms with Gasteiger partial charge in [0.25, 0.3) is 0 Å². The Morgan fingerprint density at radius 3 is 2.67 bits per heavy atom. The standard InChI is InChI=1S/C19H14BrF2N3O2/c20-12-4-1-3-11(9-12)18-23-19(27-24-18)16-7-8-17(26)25(16)10-13-14(21)5-2-6-15(13)22/h1-6,9,16H,7-8,10H2. The summed E-state index contributed by atoms with van der Waals surface area (Å²) >= 11 is 3.39. The SMILES string of the molecule is O=C1CCC(c2nc(-c3cccc(Br)c3)no2)N1Cc1c(F)cccc1F. The van der Waals surface area contributed by atoms with E-state index in [-0.39, 0.29) is 30.3 Å². The quantitative estimate of drug-likeness (QED) is 0.601. The summed E-state index contributed by atoms with van der Waals surface area (Å²) in [6.45, 7) is -0.184. The van der Waals surface area contributed by atoms with Gasteiger partial charge in [0, 0.05) is 22.0 Å². The number of nitrogens with zero attached hydrogens (tertiary/aromatic N) is 3. The van der Waals surface area contributed by atoms with Crippen LogP contribution in [0, 0.1) is 11.6 Å². The van der Waals surface area contributed by atoms with Crippen LogP contribution in [-0.2, 0) is 11.3 Å². The van der Waals surface area contributed by atoms with Gasteiger partial charge >= 0.3 is 0 Å². The molecule has 0 spiro atoms. The number of aromatic nitrogens is 2. The first-order valence-corrected chi connectivity index (χ1v) is 9.14. The minimum absolute atomic E-state index is 0.149. The van der Waals surface area contributed by atoms with Crippen molar-refractivity contribution in [1.29, 1.82) is 0 Å². The van der Waals surface area contributed by atoms with Crippen molar-refractivity contribution >= 4 is 21.8 Å². The highest BCUT2D eigenvalue weighted by molar-refractivity contribution is 9.10. The fraction of sp³-hybridized carbons (Fsp3) is 0.211. The molecule has 2 heterocycles. The molecule has 4 rings (SSSR count). The Hall–Kier alpha value is -2.61. The molecule has 138 valence electrons. The molecule has 1 amide bonds. The average Bonchev–Trinajstić information content (AvgIpc) is 3.25. The molecule has 1 aromatic heterocycles. The second-order valence-electron chi connectivity index (χ2n) is 6.24. The number of halogens is 3. The molecule has 0 saturated carbocycles. The number of hydrogen-bond acceptors (Lipinski definition) is 4. The minimum Gasteiger partial charge on any atom is -0.337 e. The van der Waals surface area contributed by atoms with Gasteiger partial charge in [0.2, 0.25) is 17.6 Å². The van der Waals surface area contributed by atoms with Crippen LogP contribution in [-0.4, -0.2) is 20.9 Å². The van der Waals surface area contributed by atoms with E-state index >= 15 is 0 Å². The molecular weight excluding hydrogens is 420 g/mol. The van der Waals surface area contributed by atoms with Crippen LogP contribution in [0.15, 0.2) is 51.5 Å². The topological polar surface area (TPSA) is 59.2 Å². The number of carbonyl (C=O) groups is 1. The fourth-order valence-corrected chi connectivity index (χ4v) is 3.56. The summed E-state index contributed by atoms with van der Waals surface area (Å²) < 4.78 is 34.2. The Kier molecular flexibility index (Phi) is 4.73. The van der Waals surface area contributed by atoms with Crippen molar-refractivity contribution in [3.63, 3.8) is 0 Å². The Labute approximate surface area is 162 Å². The lowest BCUT2D eigenvalue weighted by Crippen LogP contribution is -2.28. The number of benzene rings is 2. The van der Waals surface area contributed by atoms with Crippen LogP contribution in [0.1, 0.15) is 30.3 Å². The molecule has 2 aromatic carbocycles. The van der Waals surface area contributed by atoms with Crippen LogP contribution in [0.2, 0.25) is 0 Å². The Morgan fingerprint density at radius 1 is 1.19 bits per heavy atom. The summed E-state index contributed by atoms with van der Waals surface area (Å²) in [6, 6.07) is 10.5. The molecular formula is C19H14BrF2N3O2. The fourth-order valence-electron chi connectivity index (χ4n) is 3.16. The first-order valence-electron chi connectivity index (χ1n) is 8.35. The number of rotatable bonds is 4. The Morgan fingerprint density at radius 2 is 1.93 bits per heavy atom. The van der Waals surface area contributed by atoms with Crippen molar-refractivity contribution < 1.29 is 18.1 Å². The molecule has 3 aromatic rings. The monoisotopic (exact) mass is 433 g/mol. The van der Waals surface area contributed by atoms with Crippen LogP contribution < -0.4 is 0 Å². The van der Waals surface area contributed by atoms with Gasteiger partial charge in [0.1, 0.15) is 17.7 Å². The minimum atomic E-state index is -0.686. The molecule has 1 atom stereocenters. The summed E-state index contributed by atoms with van der Waals surface area (Å²) in [5.41, 5.74) is 0.611. The summed E-state index contributed by atoms with van der Waals surface area (Å²) in [5, 5.41) is 3.98. The van der Waals surface area contributed by atoms with Crippen LogP contribution in [0.4, 0.5) is 8.78 Å². The molecule has 0 radical (unpaired) electrons. The second kappa shape index (κ2) is 7.19. The van der Waals surface area contributed by atoms with Crippen molar-refractivity contribution in [3.05, 3.63) is 70.0 Å². The molecule has 0 bridgehead atoms. The van der Waals surface area contributed by atoms with Crippen LogP contribution in [0.25, 0.3) is 11.4 Å². The second-order valence-corrected chi connectivity index (χ2v) is 7.16. The lowest BCUT2D eigenvalue weighted by molar-refractivity contribution is -0.130. The maximum atomic E-state index is 14.0. The lowest BCUT2D eigenvalue weighted by Gasteiger charge is -2.22. The zero-order chi connectivity index (χ0) is 19.0. The van der Waals surface area contributed by atoms with Crippen molar-refractivity contribution in [1.82, 2.24) is 15.0 Å². The first kappa shape index (κ1) is 17.8. The summed E-state index contributed by atoms with van der Waals surface area (Å²) in [6.07, 6.45) is 0.713. The van der Waals surface area contributed by atoms with E-state index in [1.807, 2.05) is 24.3 Å². The van der Waals surface area contributed by atoms with Gasteiger partial charge in [-0.3, -0.25) is 4.79 Å². The van der Waals surface area contributed by atoms with E-state index < -0.39 is 17.7 Å². The third kappa shape index (κ3) is 3.49. The third-order valence-electron chi connectivity index (χ3n) is 4.53. The lowest BCUT2D eigenvalue weighted by atomic mass is 10.1. The van der Waals surface area contributed by atoms with Gasteiger partial charge in [0.05, 0.1) is 6.54 Å². The Balaban J connectivity index is 1.62. The van der Waals surface area contributed by atoms with Crippen LogP contribution >= 0.6 is 15.9 Å². The van der Waals surface area contributed by atoms with E-state index in [0.717, 1.165) is 10.0 Å². The molecule has 27 heavy (non-hydrogen) atoms. The van der Waals surface area contributed by atoms with Crippen molar-refractivity contribution in [2.24, 2.45) is 0 Å². The van der Waals surface area contributed by atoms with Gasteiger partial charge in [-0.25, -0.2) is 8.78 Å². The predicted octanol–water partition coefficient (Wildman–Crippen LogP) is 4.64. The molecule has 1 saturated heterocycles. The van der Waals surface area contributed by atoms with Crippen molar-refractivity contribution in [2.45, 2.75) is 25.4 Å². The van der Waals surface area contributed by atoms with E-state index in [9.17, 15) is 13.6 Å². The predicted molar refractivity (Wildman–Crippen MR) is 96.3 cm³/mol. The smallest absolute Gasteiger partial charge is 0.249 e. The molecule has 0 aliphatic carbocycles. The van der Waals surface area contributed by atoms with E-state index in [1.54, 1.807) is 0 Å². The van der Waals surface area contributed by atoms with Gasteiger partial charge < -0.3 is 9.42 Å². The highest BCUT2D eigenvalue weighted by atomic mass is 79.9. The third-order valence-corrected chi connectivity index (χ3v) is 5.02. The van der Waals surface area contributed by atoms with Gasteiger partial charge in [-0.1, -0.05) is 39.3 Å². The van der Waals surface area contributed by atoms with E-state index in [0.29, 0.717) is 12.2 Å². The normalized spacial score (nSPS) is 16.9. The van der Waals surface area contributed by atoms with Gasteiger partial charge in [-0.05, 0) is 30.7 Å².